The summed E-state index contributed by atoms with van der Waals surface area (Å²) in [5, 5.41) is 3.61. The molecule has 1 aromatic rings. The molecule has 1 amide bonds. The first-order chi connectivity index (χ1) is 7.85. The summed E-state index contributed by atoms with van der Waals surface area (Å²) in [4.78, 5) is 12.1. The van der Waals surface area contributed by atoms with Crippen molar-refractivity contribution in [1.82, 2.24) is 5.32 Å². The van der Waals surface area contributed by atoms with Gasteiger partial charge >= 0.3 is 0 Å². The molecule has 0 spiro atoms. The van der Waals surface area contributed by atoms with E-state index in [2.05, 4.69) is 5.32 Å². The number of aryl methyl sites for hydroxylation is 1. The fourth-order valence-electron chi connectivity index (χ4n) is 1.56. The second kappa shape index (κ2) is 5.74. The van der Waals surface area contributed by atoms with Gasteiger partial charge in [-0.1, -0.05) is 11.6 Å². The van der Waals surface area contributed by atoms with E-state index in [4.69, 9.17) is 23.2 Å². The Morgan fingerprint density at radius 2 is 2.06 bits per heavy atom. The molecule has 0 aromatic heterocycles. The van der Waals surface area contributed by atoms with Crippen LogP contribution in [0.4, 0.5) is 0 Å². The summed E-state index contributed by atoms with van der Waals surface area (Å²) in [6, 6.07) is 5.24. The zero-order valence-electron chi connectivity index (χ0n) is 10.3. The zero-order chi connectivity index (χ0) is 13.1. The van der Waals surface area contributed by atoms with Gasteiger partial charge in [0.15, 0.2) is 0 Å². The van der Waals surface area contributed by atoms with E-state index >= 15 is 0 Å². The molecule has 94 valence electrons. The fourth-order valence-corrected chi connectivity index (χ4v) is 2.25. The molecule has 1 N–H and O–H groups in total. The Labute approximate surface area is 112 Å². The van der Waals surface area contributed by atoms with Crippen LogP contribution in [0.3, 0.4) is 0 Å². The lowest BCUT2D eigenvalue weighted by atomic mass is 10.00. The molecular weight excluding hydrogens is 257 g/mol. The van der Waals surface area contributed by atoms with Crippen molar-refractivity contribution in [1.29, 1.82) is 0 Å². The number of carbonyl (C=O) groups excluding carboxylic acids is 1. The molecule has 17 heavy (non-hydrogen) atoms. The number of rotatable bonds is 4. The highest BCUT2D eigenvalue weighted by atomic mass is 35.5. The van der Waals surface area contributed by atoms with Crippen LogP contribution in [0.5, 0.6) is 0 Å². The smallest absolute Gasteiger partial charge is 0.251 e. The van der Waals surface area contributed by atoms with Gasteiger partial charge in [-0.15, -0.1) is 11.6 Å². The average Bonchev–Trinajstić information content (AvgIpc) is 2.15. The quantitative estimate of drug-likeness (QED) is 0.832. The molecule has 0 radical (unpaired) electrons. The van der Waals surface area contributed by atoms with Gasteiger partial charge in [-0.2, -0.15) is 0 Å². The van der Waals surface area contributed by atoms with Gasteiger partial charge in [-0.3, -0.25) is 4.79 Å². The second-order valence-corrected chi connectivity index (χ2v) is 5.55. The Kier molecular flexibility index (Phi) is 4.84. The number of halogens is 2. The Bertz CT molecular complexity index is 416. The third-order valence-corrected chi connectivity index (χ3v) is 3.03. The number of benzene rings is 1. The van der Waals surface area contributed by atoms with Crippen LogP contribution in [0.1, 0.15) is 36.2 Å². The summed E-state index contributed by atoms with van der Waals surface area (Å²) in [6.07, 6.45) is 0.729. The van der Waals surface area contributed by atoms with Gasteiger partial charge in [0.2, 0.25) is 0 Å². The van der Waals surface area contributed by atoms with Gasteiger partial charge in [0.25, 0.3) is 5.91 Å². The molecule has 0 unspecified atom stereocenters. The summed E-state index contributed by atoms with van der Waals surface area (Å²) >= 11 is 11.6. The van der Waals surface area contributed by atoms with E-state index in [0.29, 0.717) is 16.5 Å². The SMILES string of the molecule is Cc1cc(Cl)ccc1C(=O)NC(C)(C)CCCl. The molecule has 2 nitrogen and oxygen atoms in total. The predicted molar refractivity (Wildman–Crippen MR) is 73.1 cm³/mol. The van der Waals surface area contributed by atoms with Crippen molar-refractivity contribution in [3.05, 3.63) is 34.3 Å². The lowest BCUT2D eigenvalue weighted by Crippen LogP contribution is -2.43. The highest BCUT2D eigenvalue weighted by Gasteiger charge is 2.21. The predicted octanol–water partition coefficient (Wildman–Crippen LogP) is 3.79. The molecule has 0 aliphatic heterocycles. The van der Waals surface area contributed by atoms with Crippen molar-refractivity contribution in [3.8, 4) is 0 Å². The number of alkyl halides is 1. The second-order valence-electron chi connectivity index (χ2n) is 4.74. The van der Waals surface area contributed by atoms with Crippen molar-refractivity contribution >= 4 is 29.1 Å². The lowest BCUT2D eigenvalue weighted by Gasteiger charge is -2.25. The molecule has 0 fully saturated rings. The van der Waals surface area contributed by atoms with Crippen LogP contribution in [0.2, 0.25) is 5.02 Å². The summed E-state index contributed by atoms with van der Waals surface area (Å²) in [6.45, 7) is 5.78. The standard InChI is InChI=1S/C13H17Cl2NO/c1-9-8-10(15)4-5-11(9)12(17)16-13(2,3)6-7-14/h4-5,8H,6-7H2,1-3H3,(H,16,17). The first-order valence-corrected chi connectivity index (χ1v) is 6.41. The van der Waals surface area contributed by atoms with Crippen LogP contribution < -0.4 is 5.32 Å². The maximum absolute atomic E-state index is 12.1. The van der Waals surface area contributed by atoms with E-state index in [1.807, 2.05) is 20.8 Å². The molecule has 0 aliphatic rings. The van der Waals surface area contributed by atoms with Crippen LogP contribution >= 0.6 is 23.2 Å². The van der Waals surface area contributed by atoms with Crippen molar-refractivity contribution in [2.24, 2.45) is 0 Å². The van der Waals surface area contributed by atoms with Crippen LogP contribution in [-0.4, -0.2) is 17.3 Å². The highest BCUT2D eigenvalue weighted by molar-refractivity contribution is 6.30. The molecule has 0 atom stereocenters. The molecule has 1 rings (SSSR count). The molecule has 0 heterocycles. The van der Waals surface area contributed by atoms with Gasteiger partial charge in [0.05, 0.1) is 0 Å². The topological polar surface area (TPSA) is 29.1 Å². The Hall–Kier alpha value is -0.730. The maximum Gasteiger partial charge on any atom is 0.251 e. The monoisotopic (exact) mass is 273 g/mol. The average molecular weight is 274 g/mol. The van der Waals surface area contributed by atoms with Crippen LogP contribution in [0, 0.1) is 6.92 Å². The molecule has 0 bridgehead atoms. The Balaban J connectivity index is 2.83. The first kappa shape index (κ1) is 14.3. The minimum atomic E-state index is -0.301. The third-order valence-electron chi connectivity index (χ3n) is 2.60. The number of amides is 1. The Morgan fingerprint density at radius 1 is 1.41 bits per heavy atom. The number of carbonyl (C=O) groups is 1. The molecule has 4 heteroatoms. The highest BCUT2D eigenvalue weighted by Crippen LogP contribution is 2.17. The largest absolute Gasteiger partial charge is 0.347 e. The minimum absolute atomic E-state index is 0.0886. The molecule has 1 aromatic carbocycles. The molecular formula is C13H17Cl2NO. The molecule has 0 aliphatic carbocycles. The van der Waals surface area contributed by atoms with Crippen molar-refractivity contribution in [2.45, 2.75) is 32.7 Å². The number of nitrogens with one attached hydrogen (secondary N) is 1. The summed E-state index contributed by atoms with van der Waals surface area (Å²) < 4.78 is 0. The minimum Gasteiger partial charge on any atom is -0.347 e. The van der Waals surface area contributed by atoms with E-state index < -0.39 is 0 Å². The van der Waals surface area contributed by atoms with Gasteiger partial charge < -0.3 is 5.32 Å². The normalized spacial score (nSPS) is 11.4. The first-order valence-electron chi connectivity index (χ1n) is 5.50. The van der Waals surface area contributed by atoms with Gasteiger partial charge in [-0.05, 0) is 51.0 Å². The zero-order valence-corrected chi connectivity index (χ0v) is 11.8. The molecule has 0 saturated carbocycles. The lowest BCUT2D eigenvalue weighted by molar-refractivity contribution is 0.0911. The van der Waals surface area contributed by atoms with Crippen molar-refractivity contribution < 1.29 is 4.79 Å². The van der Waals surface area contributed by atoms with E-state index in [1.54, 1.807) is 18.2 Å². The number of hydrogen-bond donors (Lipinski definition) is 1. The van der Waals surface area contributed by atoms with Gasteiger partial charge in [0, 0.05) is 22.0 Å². The van der Waals surface area contributed by atoms with Crippen molar-refractivity contribution in [3.63, 3.8) is 0 Å². The summed E-state index contributed by atoms with van der Waals surface area (Å²) in [5.41, 5.74) is 1.22. The van der Waals surface area contributed by atoms with E-state index in [-0.39, 0.29) is 11.4 Å². The summed E-state index contributed by atoms with van der Waals surface area (Å²) in [7, 11) is 0. The van der Waals surface area contributed by atoms with E-state index in [9.17, 15) is 4.79 Å². The van der Waals surface area contributed by atoms with Crippen molar-refractivity contribution in [2.75, 3.05) is 5.88 Å². The van der Waals surface area contributed by atoms with Gasteiger partial charge in [0.1, 0.15) is 0 Å². The Morgan fingerprint density at radius 3 is 2.59 bits per heavy atom. The van der Waals surface area contributed by atoms with E-state index in [0.717, 1.165) is 12.0 Å². The van der Waals surface area contributed by atoms with Crippen LogP contribution in [0.25, 0.3) is 0 Å². The summed E-state index contributed by atoms with van der Waals surface area (Å²) in [5.74, 6) is 0.432. The maximum atomic E-state index is 12.1. The molecule has 0 saturated heterocycles. The van der Waals surface area contributed by atoms with E-state index in [1.165, 1.54) is 0 Å². The fraction of sp³-hybridized carbons (Fsp3) is 0.462. The number of hydrogen-bond acceptors (Lipinski definition) is 1. The third kappa shape index (κ3) is 4.21. The van der Waals surface area contributed by atoms with Crippen LogP contribution in [-0.2, 0) is 0 Å². The van der Waals surface area contributed by atoms with Crippen LogP contribution in [0.15, 0.2) is 18.2 Å². The van der Waals surface area contributed by atoms with Gasteiger partial charge in [-0.25, -0.2) is 0 Å².